The van der Waals surface area contributed by atoms with E-state index in [2.05, 4.69) is 15.5 Å². The fraction of sp³-hybridized carbons (Fsp3) is 0.294. The molecule has 0 aromatic carbocycles. The molecule has 3 rings (SSSR count). The molecule has 25 heavy (non-hydrogen) atoms. The summed E-state index contributed by atoms with van der Waals surface area (Å²) in [7, 11) is 1.53. The summed E-state index contributed by atoms with van der Waals surface area (Å²) in [5, 5.41) is 6.97. The van der Waals surface area contributed by atoms with Gasteiger partial charge >= 0.3 is 0 Å². The largest absolute Gasteiger partial charge is 0.463 e. The molecular weight excluding hydrogens is 324 g/mol. The lowest BCUT2D eigenvalue weighted by Crippen LogP contribution is -2.39. The minimum Gasteiger partial charge on any atom is -0.463 e. The lowest BCUT2D eigenvalue weighted by Gasteiger charge is -2.20. The molecule has 0 aliphatic heterocycles. The number of aromatic nitrogens is 2. The van der Waals surface area contributed by atoms with Crippen LogP contribution < -0.4 is 5.32 Å². The Kier molecular flexibility index (Phi) is 4.51. The van der Waals surface area contributed by atoms with Crippen molar-refractivity contribution in [1.29, 1.82) is 0 Å². The Morgan fingerprint density at radius 2 is 2.16 bits per heavy atom. The quantitative estimate of drug-likeness (QED) is 0.761. The van der Waals surface area contributed by atoms with Crippen LogP contribution in [0.25, 0.3) is 22.6 Å². The third-order valence-corrected chi connectivity index (χ3v) is 3.90. The van der Waals surface area contributed by atoms with Crippen LogP contribution in [0.15, 0.2) is 33.4 Å². The number of aryl methyl sites for hydroxylation is 1. The van der Waals surface area contributed by atoms with Crippen molar-refractivity contribution in [2.45, 2.75) is 13.8 Å². The van der Waals surface area contributed by atoms with Gasteiger partial charge < -0.3 is 19.2 Å². The number of amides is 2. The molecule has 0 aliphatic carbocycles. The van der Waals surface area contributed by atoms with E-state index in [4.69, 9.17) is 8.94 Å². The Labute approximate surface area is 143 Å². The average molecular weight is 342 g/mol. The van der Waals surface area contributed by atoms with E-state index in [0.717, 1.165) is 0 Å². The highest BCUT2D eigenvalue weighted by atomic mass is 16.5. The molecule has 0 saturated heterocycles. The molecular formula is C17H18N4O4. The lowest BCUT2D eigenvalue weighted by molar-refractivity contribution is -0.121. The van der Waals surface area contributed by atoms with Gasteiger partial charge in [0.2, 0.25) is 5.91 Å². The van der Waals surface area contributed by atoms with Crippen molar-refractivity contribution in [3.63, 3.8) is 0 Å². The van der Waals surface area contributed by atoms with Crippen LogP contribution in [0.5, 0.6) is 0 Å². The Balaban J connectivity index is 2.11. The van der Waals surface area contributed by atoms with Gasteiger partial charge in [-0.2, -0.15) is 0 Å². The molecule has 8 heteroatoms. The molecule has 0 atom stereocenters. The van der Waals surface area contributed by atoms with Crippen molar-refractivity contribution in [2.24, 2.45) is 0 Å². The average Bonchev–Trinajstić information content (AvgIpc) is 3.28. The van der Waals surface area contributed by atoms with Gasteiger partial charge in [-0.1, -0.05) is 5.16 Å². The van der Waals surface area contributed by atoms with Gasteiger partial charge in [0.15, 0.2) is 5.76 Å². The SMILES string of the molecule is CCN(CC(=O)NC)C(=O)c1cc(-c2ccco2)nc2onc(C)c12. The maximum Gasteiger partial charge on any atom is 0.259 e. The molecule has 3 aromatic heterocycles. The van der Waals surface area contributed by atoms with Crippen molar-refractivity contribution in [1.82, 2.24) is 20.4 Å². The summed E-state index contributed by atoms with van der Waals surface area (Å²) < 4.78 is 10.6. The van der Waals surface area contributed by atoms with Gasteiger partial charge in [0, 0.05) is 13.6 Å². The van der Waals surface area contributed by atoms with Crippen LogP contribution in [0.1, 0.15) is 23.0 Å². The molecule has 0 unspecified atom stereocenters. The molecule has 3 aromatic rings. The van der Waals surface area contributed by atoms with Crippen LogP contribution in [-0.4, -0.2) is 47.0 Å². The summed E-state index contributed by atoms with van der Waals surface area (Å²) in [5.74, 6) is -0.0224. The zero-order valence-corrected chi connectivity index (χ0v) is 14.2. The van der Waals surface area contributed by atoms with Crippen molar-refractivity contribution >= 4 is 22.9 Å². The number of nitrogens with zero attached hydrogens (tertiary/aromatic N) is 3. The zero-order chi connectivity index (χ0) is 18.0. The van der Waals surface area contributed by atoms with E-state index < -0.39 is 0 Å². The van der Waals surface area contributed by atoms with Crippen LogP contribution in [0.4, 0.5) is 0 Å². The fourth-order valence-corrected chi connectivity index (χ4v) is 2.56. The van der Waals surface area contributed by atoms with Gasteiger partial charge in [-0.3, -0.25) is 9.59 Å². The number of nitrogens with one attached hydrogen (secondary N) is 1. The Bertz CT molecular complexity index is 914. The van der Waals surface area contributed by atoms with E-state index in [1.807, 2.05) is 6.92 Å². The lowest BCUT2D eigenvalue weighted by atomic mass is 10.1. The second-order valence-electron chi connectivity index (χ2n) is 5.47. The van der Waals surface area contributed by atoms with Crippen molar-refractivity contribution in [3.05, 3.63) is 35.7 Å². The number of likely N-dealkylation sites (N-methyl/N-ethyl adjacent to an activating group) is 2. The summed E-state index contributed by atoms with van der Waals surface area (Å²) >= 11 is 0. The van der Waals surface area contributed by atoms with E-state index in [9.17, 15) is 9.59 Å². The highest BCUT2D eigenvalue weighted by Crippen LogP contribution is 2.28. The number of hydrogen-bond donors (Lipinski definition) is 1. The molecule has 130 valence electrons. The first kappa shape index (κ1) is 16.7. The molecule has 1 N–H and O–H groups in total. The second kappa shape index (κ2) is 6.76. The predicted molar refractivity (Wildman–Crippen MR) is 89.9 cm³/mol. The molecule has 2 amide bonds. The normalized spacial score (nSPS) is 10.8. The summed E-state index contributed by atoms with van der Waals surface area (Å²) in [5.41, 5.74) is 1.66. The number of hydrogen-bond acceptors (Lipinski definition) is 6. The number of furan rings is 1. The molecule has 3 heterocycles. The Morgan fingerprint density at radius 1 is 1.36 bits per heavy atom. The van der Waals surface area contributed by atoms with E-state index in [-0.39, 0.29) is 24.1 Å². The molecule has 0 radical (unpaired) electrons. The first-order valence-electron chi connectivity index (χ1n) is 7.86. The van der Waals surface area contributed by atoms with E-state index in [1.54, 1.807) is 25.1 Å². The van der Waals surface area contributed by atoms with Gasteiger partial charge in [-0.25, -0.2) is 4.98 Å². The maximum atomic E-state index is 13.0. The molecule has 0 saturated carbocycles. The van der Waals surface area contributed by atoms with Gasteiger partial charge in [0.25, 0.3) is 11.6 Å². The van der Waals surface area contributed by atoms with Gasteiger partial charge in [-0.05, 0) is 32.0 Å². The van der Waals surface area contributed by atoms with E-state index >= 15 is 0 Å². The molecule has 0 spiro atoms. The summed E-state index contributed by atoms with van der Waals surface area (Å²) in [6.45, 7) is 3.91. The molecule has 0 bridgehead atoms. The van der Waals surface area contributed by atoms with E-state index in [1.165, 1.54) is 18.2 Å². The number of carbonyl (C=O) groups is 2. The standard InChI is InChI=1S/C17H18N4O4/c1-4-21(9-14(22)18-3)17(23)11-8-12(13-6-5-7-24-13)19-16-15(11)10(2)20-25-16/h5-8H,4,9H2,1-3H3,(H,18,22). The van der Waals surface area contributed by atoms with Crippen LogP contribution in [0.3, 0.4) is 0 Å². The van der Waals surface area contributed by atoms with Crippen molar-refractivity contribution in [3.8, 4) is 11.5 Å². The fourth-order valence-electron chi connectivity index (χ4n) is 2.56. The first-order valence-corrected chi connectivity index (χ1v) is 7.86. The number of fused-ring (bicyclic) bond motifs is 1. The summed E-state index contributed by atoms with van der Waals surface area (Å²) in [6.07, 6.45) is 1.53. The maximum absolute atomic E-state index is 13.0. The Morgan fingerprint density at radius 3 is 2.80 bits per heavy atom. The topological polar surface area (TPSA) is 101 Å². The third-order valence-electron chi connectivity index (χ3n) is 3.90. The van der Waals surface area contributed by atoms with Crippen molar-refractivity contribution < 1.29 is 18.5 Å². The monoisotopic (exact) mass is 342 g/mol. The number of carbonyl (C=O) groups excluding carboxylic acids is 2. The zero-order valence-electron chi connectivity index (χ0n) is 14.2. The molecule has 0 aliphatic rings. The number of rotatable bonds is 5. The summed E-state index contributed by atoms with van der Waals surface area (Å²) in [6, 6.07) is 5.12. The van der Waals surface area contributed by atoms with Gasteiger partial charge in [-0.15, -0.1) is 0 Å². The first-order chi connectivity index (χ1) is 12.0. The molecule has 0 fully saturated rings. The van der Waals surface area contributed by atoms with E-state index in [0.29, 0.717) is 34.6 Å². The number of pyridine rings is 1. The smallest absolute Gasteiger partial charge is 0.259 e. The minimum absolute atomic E-state index is 0.0317. The Hall–Kier alpha value is -3.16. The van der Waals surface area contributed by atoms with Crippen LogP contribution >= 0.6 is 0 Å². The highest BCUT2D eigenvalue weighted by molar-refractivity contribution is 6.07. The summed E-state index contributed by atoms with van der Waals surface area (Å²) in [4.78, 5) is 30.5. The van der Waals surface area contributed by atoms with Crippen molar-refractivity contribution in [2.75, 3.05) is 20.1 Å². The predicted octanol–water partition coefficient (Wildman–Crippen LogP) is 2.00. The second-order valence-corrected chi connectivity index (χ2v) is 5.47. The van der Waals surface area contributed by atoms with Gasteiger partial charge in [0.1, 0.15) is 5.69 Å². The van der Waals surface area contributed by atoms with Crippen LogP contribution in [-0.2, 0) is 4.79 Å². The molecule has 8 nitrogen and oxygen atoms in total. The van der Waals surface area contributed by atoms with Gasteiger partial charge in [0.05, 0.1) is 29.5 Å². The highest BCUT2D eigenvalue weighted by Gasteiger charge is 2.24. The van der Waals surface area contributed by atoms with Crippen LogP contribution in [0, 0.1) is 6.92 Å². The minimum atomic E-state index is -0.294. The third kappa shape index (κ3) is 3.10. The van der Waals surface area contributed by atoms with Crippen LogP contribution in [0.2, 0.25) is 0 Å².